The average Bonchev–Trinajstić information content (AvgIpc) is 2.11. The lowest BCUT2D eigenvalue weighted by Crippen LogP contribution is -2.08. The Morgan fingerprint density at radius 1 is 1.17 bits per heavy atom. The molecule has 0 fully saturated rings. The lowest BCUT2D eigenvalue weighted by molar-refractivity contribution is 0.121. The summed E-state index contributed by atoms with van der Waals surface area (Å²) in [4.78, 5) is 0. The standard InChI is InChI=1S/C9H18Cl2O/c1-2-3-5-12-6-4-9(7-10)8-11/h9H,2-8H2,1H3. The molecule has 0 saturated carbocycles. The molecule has 3 heteroatoms. The first kappa shape index (κ1) is 12.5. The maximum absolute atomic E-state index is 5.67. The van der Waals surface area contributed by atoms with Crippen molar-refractivity contribution in [2.24, 2.45) is 5.92 Å². The molecule has 74 valence electrons. The summed E-state index contributed by atoms with van der Waals surface area (Å²) in [5, 5.41) is 0. The highest BCUT2D eigenvalue weighted by atomic mass is 35.5. The molecule has 0 saturated heterocycles. The minimum Gasteiger partial charge on any atom is -0.381 e. The zero-order chi connectivity index (χ0) is 9.23. The molecule has 0 rings (SSSR count). The third-order valence-electron chi connectivity index (χ3n) is 1.75. The van der Waals surface area contributed by atoms with Gasteiger partial charge in [0.2, 0.25) is 0 Å². The van der Waals surface area contributed by atoms with Gasteiger partial charge in [-0.25, -0.2) is 0 Å². The van der Waals surface area contributed by atoms with Crippen molar-refractivity contribution in [3.8, 4) is 0 Å². The molecule has 1 nitrogen and oxygen atoms in total. The number of rotatable bonds is 8. The van der Waals surface area contributed by atoms with Crippen LogP contribution >= 0.6 is 23.2 Å². The predicted molar refractivity (Wildman–Crippen MR) is 55.3 cm³/mol. The highest BCUT2D eigenvalue weighted by molar-refractivity contribution is 6.20. The second-order valence-electron chi connectivity index (χ2n) is 2.93. The van der Waals surface area contributed by atoms with E-state index in [9.17, 15) is 0 Å². The topological polar surface area (TPSA) is 9.23 Å². The third kappa shape index (κ3) is 7.20. The van der Waals surface area contributed by atoms with Crippen LogP contribution < -0.4 is 0 Å². The van der Waals surface area contributed by atoms with Crippen LogP contribution in [0, 0.1) is 5.92 Å². The Kier molecular flexibility index (Phi) is 10.1. The van der Waals surface area contributed by atoms with E-state index in [0.717, 1.165) is 26.1 Å². The molecule has 0 atom stereocenters. The van der Waals surface area contributed by atoms with Crippen molar-refractivity contribution in [3.05, 3.63) is 0 Å². The number of hydrogen-bond acceptors (Lipinski definition) is 1. The van der Waals surface area contributed by atoms with E-state index in [1.54, 1.807) is 0 Å². The van der Waals surface area contributed by atoms with Gasteiger partial charge >= 0.3 is 0 Å². The quantitative estimate of drug-likeness (QED) is 0.444. The fourth-order valence-corrected chi connectivity index (χ4v) is 1.43. The highest BCUT2D eigenvalue weighted by Crippen LogP contribution is 2.07. The average molecular weight is 213 g/mol. The molecule has 0 aliphatic carbocycles. The summed E-state index contributed by atoms with van der Waals surface area (Å²) in [5.74, 6) is 1.69. The first-order valence-electron chi connectivity index (χ1n) is 4.54. The van der Waals surface area contributed by atoms with Crippen LogP contribution in [0.15, 0.2) is 0 Å². The van der Waals surface area contributed by atoms with Crippen LogP contribution in [0.1, 0.15) is 26.2 Å². The summed E-state index contributed by atoms with van der Waals surface area (Å²) >= 11 is 11.3. The van der Waals surface area contributed by atoms with Gasteiger partial charge < -0.3 is 4.74 Å². The van der Waals surface area contributed by atoms with Gasteiger partial charge in [0.05, 0.1) is 0 Å². The Morgan fingerprint density at radius 3 is 2.33 bits per heavy atom. The molecule has 12 heavy (non-hydrogen) atoms. The van der Waals surface area contributed by atoms with Gasteiger partial charge in [0, 0.05) is 25.0 Å². The normalized spacial score (nSPS) is 11.0. The summed E-state index contributed by atoms with van der Waals surface area (Å²) in [6.45, 7) is 3.82. The van der Waals surface area contributed by atoms with Crippen LogP contribution in [-0.4, -0.2) is 25.0 Å². The second kappa shape index (κ2) is 9.63. The van der Waals surface area contributed by atoms with Crippen LogP contribution in [0.25, 0.3) is 0 Å². The number of halogens is 2. The van der Waals surface area contributed by atoms with E-state index in [1.807, 2.05) is 0 Å². The van der Waals surface area contributed by atoms with E-state index < -0.39 is 0 Å². The Balaban J connectivity index is 3.06. The summed E-state index contributed by atoms with van der Waals surface area (Å²) in [6, 6.07) is 0. The van der Waals surface area contributed by atoms with E-state index in [2.05, 4.69) is 6.92 Å². The molecular weight excluding hydrogens is 195 g/mol. The number of hydrogen-bond donors (Lipinski definition) is 0. The Bertz CT molecular complexity index is 84.6. The van der Waals surface area contributed by atoms with Crippen molar-refractivity contribution in [3.63, 3.8) is 0 Å². The van der Waals surface area contributed by atoms with Crippen molar-refractivity contribution < 1.29 is 4.74 Å². The van der Waals surface area contributed by atoms with Crippen LogP contribution in [0.4, 0.5) is 0 Å². The number of alkyl halides is 2. The third-order valence-corrected chi connectivity index (χ3v) is 2.62. The molecule has 0 amide bonds. The maximum Gasteiger partial charge on any atom is 0.0469 e. The molecule has 0 aromatic carbocycles. The first-order valence-corrected chi connectivity index (χ1v) is 5.61. The molecule has 0 aliphatic rings. The van der Waals surface area contributed by atoms with E-state index >= 15 is 0 Å². The fraction of sp³-hybridized carbons (Fsp3) is 1.00. The van der Waals surface area contributed by atoms with Gasteiger partial charge in [-0.3, -0.25) is 0 Å². The Hall–Kier alpha value is 0.540. The minimum atomic E-state index is 0.412. The van der Waals surface area contributed by atoms with Crippen molar-refractivity contribution >= 4 is 23.2 Å². The SMILES string of the molecule is CCCCOCCC(CCl)CCl. The van der Waals surface area contributed by atoms with Gasteiger partial charge in [0.25, 0.3) is 0 Å². The molecular formula is C9H18Cl2O. The van der Waals surface area contributed by atoms with Gasteiger partial charge in [-0.1, -0.05) is 13.3 Å². The largest absolute Gasteiger partial charge is 0.381 e. The summed E-state index contributed by atoms with van der Waals surface area (Å²) in [6.07, 6.45) is 3.32. The van der Waals surface area contributed by atoms with Crippen LogP contribution in [0.5, 0.6) is 0 Å². The fourth-order valence-electron chi connectivity index (χ4n) is 0.794. The van der Waals surface area contributed by atoms with Gasteiger partial charge in [-0.15, -0.1) is 23.2 Å². The van der Waals surface area contributed by atoms with Crippen LogP contribution in [-0.2, 0) is 4.74 Å². The van der Waals surface area contributed by atoms with E-state index in [0.29, 0.717) is 17.7 Å². The van der Waals surface area contributed by atoms with Crippen molar-refractivity contribution in [1.29, 1.82) is 0 Å². The molecule has 0 unspecified atom stereocenters. The Morgan fingerprint density at radius 2 is 1.83 bits per heavy atom. The van der Waals surface area contributed by atoms with Crippen LogP contribution in [0.2, 0.25) is 0 Å². The first-order chi connectivity index (χ1) is 5.85. The van der Waals surface area contributed by atoms with Gasteiger partial charge in [-0.2, -0.15) is 0 Å². The minimum absolute atomic E-state index is 0.412. The summed E-state index contributed by atoms with van der Waals surface area (Å²) in [7, 11) is 0. The zero-order valence-electron chi connectivity index (χ0n) is 7.69. The molecule has 0 spiro atoms. The van der Waals surface area contributed by atoms with Crippen molar-refractivity contribution in [2.75, 3.05) is 25.0 Å². The van der Waals surface area contributed by atoms with Crippen LogP contribution in [0.3, 0.4) is 0 Å². The smallest absolute Gasteiger partial charge is 0.0469 e. The van der Waals surface area contributed by atoms with Gasteiger partial charge in [0.15, 0.2) is 0 Å². The van der Waals surface area contributed by atoms with Gasteiger partial charge in [-0.05, 0) is 18.8 Å². The van der Waals surface area contributed by atoms with E-state index in [1.165, 1.54) is 6.42 Å². The van der Waals surface area contributed by atoms with Crippen molar-refractivity contribution in [2.45, 2.75) is 26.2 Å². The molecule has 0 aromatic heterocycles. The van der Waals surface area contributed by atoms with Crippen molar-refractivity contribution in [1.82, 2.24) is 0 Å². The Labute approximate surface area is 85.4 Å². The molecule has 0 aliphatic heterocycles. The molecule has 0 heterocycles. The number of unbranched alkanes of at least 4 members (excludes halogenated alkanes) is 1. The molecule has 0 N–H and O–H groups in total. The monoisotopic (exact) mass is 212 g/mol. The number of ether oxygens (including phenoxy) is 1. The maximum atomic E-state index is 5.67. The van der Waals surface area contributed by atoms with E-state index in [-0.39, 0.29) is 0 Å². The zero-order valence-corrected chi connectivity index (χ0v) is 9.20. The highest BCUT2D eigenvalue weighted by Gasteiger charge is 2.04. The lowest BCUT2D eigenvalue weighted by Gasteiger charge is -2.09. The lowest BCUT2D eigenvalue weighted by atomic mass is 10.1. The molecule has 0 radical (unpaired) electrons. The predicted octanol–water partition coefficient (Wildman–Crippen LogP) is 3.29. The molecule has 0 bridgehead atoms. The van der Waals surface area contributed by atoms with E-state index in [4.69, 9.17) is 27.9 Å². The second-order valence-corrected chi connectivity index (χ2v) is 3.55. The summed E-state index contributed by atoms with van der Waals surface area (Å²) < 4.78 is 5.39. The summed E-state index contributed by atoms with van der Waals surface area (Å²) in [5.41, 5.74) is 0. The molecule has 0 aromatic rings. The van der Waals surface area contributed by atoms with Gasteiger partial charge in [0.1, 0.15) is 0 Å².